The van der Waals surface area contributed by atoms with Gasteiger partial charge in [0.25, 0.3) is 0 Å². The van der Waals surface area contributed by atoms with Gasteiger partial charge in [0, 0.05) is 5.54 Å². The minimum Gasteiger partial charge on any atom is -0.298 e. The molecule has 0 radical (unpaired) electrons. The minimum atomic E-state index is 0.400. The summed E-state index contributed by atoms with van der Waals surface area (Å²) in [5.41, 5.74) is 0.400. The summed E-state index contributed by atoms with van der Waals surface area (Å²) in [7, 11) is 0. The molecule has 0 N–H and O–H groups in total. The van der Waals surface area contributed by atoms with Crippen molar-refractivity contribution in [2.45, 2.75) is 72.8 Å². The summed E-state index contributed by atoms with van der Waals surface area (Å²) in [6.45, 7) is 16.9. The van der Waals surface area contributed by atoms with Gasteiger partial charge in [-0.05, 0) is 70.4 Å². The maximum absolute atomic E-state index is 2.73. The predicted octanol–water partition coefficient (Wildman–Crippen LogP) is 4.57. The summed E-state index contributed by atoms with van der Waals surface area (Å²) in [5.74, 6) is 2.66. The molecule has 0 unspecified atom stereocenters. The van der Waals surface area contributed by atoms with Crippen LogP contribution in [-0.2, 0) is 0 Å². The van der Waals surface area contributed by atoms with E-state index in [-0.39, 0.29) is 0 Å². The monoisotopic (exact) mass is 239 g/mol. The summed E-state index contributed by atoms with van der Waals surface area (Å²) >= 11 is 0. The van der Waals surface area contributed by atoms with Crippen molar-refractivity contribution in [2.24, 2.45) is 17.8 Å². The van der Waals surface area contributed by atoms with Crippen LogP contribution in [0.5, 0.6) is 0 Å². The van der Waals surface area contributed by atoms with Crippen LogP contribution < -0.4 is 0 Å². The molecule has 0 aliphatic carbocycles. The lowest BCUT2D eigenvalue weighted by Crippen LogP contribution is -2.48. The molecule has 17 heavy (non-hydrogen) atoms. The van der Waals surface area contributed by atoms with Crippen LogP contribution in [0, 0.1) is 17.8 Å². The Kier molecular flexibility index (Phi) is 5.50. The number of piperidine rings is 1. The quantitative estimate of drug-likeness (QED) is 0.679. The first-order valence-corrected chi connectivity index (χ1v) is 7.56. The summed E-state index contributed by atoms with van der Waals surface area (Å²) in [4.78, 5) is 2.73. The van der Waals surface area contributed by atoms with Gasteiger partial charge in [0.1, 0.15) is 0 Å². The third-order valence-corrected chi connectivity index (χ3v) is 4.18. The molecule has 0 atom stereocenters. The van der Waals surface area contributed by atoms with Crippen LogP contribution in [0.1, 0.15) is 67.2 Å². The fraction of sp³-hybridized carbons (Fsp3) is 1.00. The van der Waals surface area contributed by atoms with E-state index in [4.69, 9.17) is 0 Å². The van der Waals surface area contributed by atoms with Gasteiger partial charge in [0.05, 0.1) is 0 Å². The Morgan fingerprint density at radius 2 is 1.53 bits per heavy atom. The topological polar surface area (TPSA) is 3.24 Å². The van der Waals surface area contributed by atoms with Crippen molar-refractivity contribution >= 4 is 0 Å². The van der Waals surface area contributed by atoms with Gasteiger partial charge in [-0.15, -0.1) is 0 Å². The number of rotatable bonds is 5. The molecule has 0 bridgehead atoms. The molecule has 1 fully saturated rings. The van der Waals surface area contributed by atoms with E-state index in [0.29, 0.717) is 5.54 Å². The first-order valence-electron chi connectivity index (χ1n) is 7.56. The fourth-order valence-electron chi connectivity index (χ4n) is 3.57. The van der Waals surface area contributed by atoms with Crippen molar-refractivity contribution in [1.29, 1.82) is 0 Å². The van der Waals surface area contributed by atoms with E-state index < -0.39 is 0 Å². The van der Waals surface area contributed by atoms with Crippen molar-refractivity contribution in [3.63, 3.8) is 0 Å². The van der Waals surface area contributed by atoms with Crippen molar-refractivity contribution in [1.82, 2.24) is 4.90 Å². The molecule has 0 aromatic carbocycles. The third-order valence-electron chi connectivity index (χ3n) is 4.18. The number of hydrogen-bond donors (Lipinski definition) is 0. The Morgan fingerprint density at radius 3 is 1.94 bits per heavy atom. The van der Waals surface area contributed by atoms with Crippen LogP contribution in [0.2, 0.25) is 0 Å². The van der Waals surface area contributed by atoms with E-state index in [0.717, 1.165) is 17.8 Å². The van der Waals surface area contributed by atoms with Crippen LogP contribution in [0.25, 0.3) is 0 Å². The Labute approximate surface area is 109 Å². The standard InChI is InChI=1S/C16H33N/c1-13(2)11-15-7-9-17(10-8-15)16(5,6)12-14(3)4/h13-15H,7-12H2,1-6H3. The van der Waals surface area contributed by atoms with Gasteiger partial charge in [-0.1, -0.05) is 27.7 Å². The first-order chi connectivity index (χ1) is 7.81. The lowest BCUT2D eigenvalue weighted by atomic mass is 9.84. The molecule has 102 valence electrons. The van der Waals surface area contributed by atoms with Gasteiger partial charge in [0.15, 0.2) is 0 Å². The molecule has 1 saturated heterocycles. The van der Waals surface area contributed by atoms with Gasteiger partial charge in [-0.25, -0.2) is 0 Å². The van der Waals surface area contributed by atoms with Gasteiger partial charge in [0.2, 0.25) is 0 Å². The molecule has 1 heterocycles. The molecule has 1 rings (SSSR count). The van der Waals surface area contributed by atoms with Crippen LogP contribution >= 0.6 is 0 Å². The predicted molar refractivity (Wildman–Crippen MR) is 77.3 cm³/mol. The Balaban J connectivity index is 2.40. The van der Waals surface area contributed by atoms with Gasteiger partial charge in [-0.3, -0.25) is 4.90 Å². The zero-order valence-corrected chi connectivity index (χ0v) is 12.9. The average molecular weight is 239 g/mol. The number of nitrogens with zero attached hydrogens (tertiary/aromatic N) is 1. The summed E-state index contributed by atoms with van der Waals surface area (Å²) in [6, 6.07) is 0. The van der Waals surface area contributed by atoms with Crippen molar-refractivity contribution < 1.29 is 0 Å². The van der Waals surface area contributed by atoms with Crippen LogP contribution in [0.3, 0.4) is 0 Å². The van der Waals surface area contributed by atoms with E-state index in [9.17, 15) is 0 Å². The van der Waals surface area contributed by atoms with Crippen LogP contribution in [-0.4, -0.2) is 23.5 Å². The van der Waals surface area contributed by atoms with E-state index in [1.165, 1.54) is 38.8 Å². The maximum atomic E-state index is 2.73. The van der Waals surface area contributed by atoms with Crippen molar-refractivity contribution in [2.75, 3.05) is 13.1 Å². The highest BCUT2D eigenvalue weighted by atomic mass is 15.2. The van der Waals surface area contributed by atoms with Crippen molar-refractivity contribution in [3.8, 4) is 0 Å². The summed E-state index contributed by atoms with van der Waals surface area (Å²) in [5, 5.41) is 0. The maximum Gasteiger partial charge on any atom is 0.0155 e. The van der Waals surface area contributed by atoms with Gasteiger partial charge >= 0.3 is 0 Å². The average Bonchev–Trinajstić information content (AvgIpc) is 2.15. The van der Waals surface area contributed by atoms with Gasteiger partial charge in [-0.2, -0.15) is 0 Å². The Hall–Kier alpha value is -0.0400. The summed E-state index contributed by atoms with van der Waals surface area (Å²) in [6.07, 6.45) is 5.58. The molecule has 0 spiro atoms. The largest absolute Gasteiger partial charge is 0.298 e. The molecular weight excluding hydrogens is 206 g/mol. The lowest BCUT2D eigenvalue weighted by Gasteiger charge is -2.44. The molecule has 0 aromatic rings. The highest BCUT2D eigenvalue weighted by Crippen LogP contribution is 2.31. The third kappa shape index (κ3) is 4.99. The SMILES string of the molecule is CC(C)CC1CCN(C(C)(C)CC(C)C)CC1. The fourth-order valence-corrected chi connectivity index (χ4v) is 3.57. The van der Waals surface area contributed by atoms with Crippen molar-refractivity contribution in [3.05, 3.63) is 0 Å². The molecule has 1 heteroatoms. The van der Waals surface area contributed by atoms with Gasteiger partial charge < -0.3 is 0 Å². The molecule has 0 saturated carbocycles. The number of hydrogen-bond acceptors (Lipinski definition) is 1. The second kappa shape index (κ2) is 6.22. The van der Waals surface area contributed by atoms with E-state index in [2.05, 4.69) is 46.4 Å². The van der Waals surface area contributed by atoms with Crippen LogP contribution in [0.4, 0.5) is 0 Å². The van der Waals surface area contributed by atoms with Crippen LogP contribution in [0.15, 0.2) is 0 Å². The number of likely N-dealkylation sites (tertiary alicyclic amines) is 1. The second-order valence-corrected chi connectivity index (χ2v) is 7.47. The first kappa shape index (κ1) is 15.0. The Bertz CT molecular complexity index is 210. The molecule has 0 aromatic heterocycles. The van der Waals surface area contributed by atoms with E-state index >= 15 is 0 Å². The van der Waals surface area contributed by atoms with E-state index in [1.54, 1.807) is 0 Å². The molecular formula is C16H33N. The highest BCUT2D eigenvalue weighted by Gasteiger charge is 2.31. The lowest BCUT2D eigenvalue weighted by molar-refractivity contribution is 0.0555. The molecule has 1 aliphatic heterocycles. The highest BCUT2D eigenvalue weighted by molar-refractivity contribution is 4.86. The zero-order chi connectivity index (χ0) is 13.1. The Morgan fingerprint density at radius 1 is 1.00 bits per heavy atom. The van der Waals surface area contributed by atoms with E-state index in [1.807, 2.05) is 0 Å². The normalized spacial score (nSPS) is 20.5. The second-order valence-electron chi connectivity index (χ2n) is 7.47. The smallest absolute Gasteiger partial charge is 0.0155 e. The summed E-state index contributed by atoms with van der Waals surface area (Å²) < 4.78 is 0. The molecule has 1 nitrogen and oxygen atoms in total. The molecule has 0 amide bonds. The minimum absolute atomic E-state index is 0.400. The zero-order valence-electron chi connectivity index (χ0n) is 12.9. The molecule has 1 aliphatic rings.